The van der Waals surface area contributed by atoms with Gasteiger partial charge in [-0.05, 0) is 44.9 Å². The molecule has 114 valence electrons. The third kappa shape index (κ3) is 4.60. The van der Waals surface area contributed by atoms with Crippen LogP contribution in [0.4, 0.5) is 0 Å². The van der Waals surface area contributed by atoms with Crippen LogP contribution in [0.15, 0.2) is 36.9 Å². The molecule has 2 aromatic rings. The van der Waals surface area contributed by atoms with E-state index < -0.39 is 0 Å². The van der Waals surface area contributed by atoms with Gasteiger partial charge >= 0.3 is 0 Å². The van der Waals surface area contributed by atoms with Crippen molar-refractivity contribution < 1.29 is 4.74 Å². The van der Waals surface area contributed by atoms with Gasteiger partial charge in [0.1, 0.15) is 5.75 Å². The normalized spacial score (nSPS) is 12.3. The Bertz CT molecular complexity index is 537. The number of imidazole rings is 1. The minimum absolute atomic E-state index is 0.300. The van der Waals surface area contributed by atoms with Crippen molar-refractivity contribution in [3.63, 3.8) is 0 Å². The number of hydrogen-bond acceptors (Lipinski definition) is 3. The lowest BCUT2D eigenvalue weighted by molar-refractivity contribution is 0.400. The summed E-state index contributed by atoms with van der Waals surface area (Å²) in [5.41, 5.74) is 2.45. The van der Waals surface area contributed by atoms with E-state index in [1.54, 1.807) is 7.11 Å². The molecule has 1 aromatic heterocycles. The second-order valence-electron chi connectivity index (χ2n) is 5.43. The van der Waals surface area contributed by atoms with Gasteiger partial charge in [-0.3, -0.25) is 0 Å². The van der Waals surface area contributed by atoms with Crippen LogP contribution in [0.25, 0.3) is 0 Å². The number of rotatable bonds is 8. The predicted octanol–water partition coefficient (Wildman–Crippen LogP) is 3.33. The van der Waals surface area contributed by atoms with E-state index in [0.29, 0.717) is 6.04 Å². The first kappa shape index (κ1) is 15.6. The highest BCUT2D eigenvalue weighted by molar-refractivity contribution is 5.38. The quantitative estimate of drug-likeness (QED) is 0.757. The van der Waals surface area contributed by atoms with Crippen LogP contribution in [0.1, 0.15) is 36.9 Å². The zero-order valence-corrected chi connectivity index (χ0v) is 13.2. The van der Waals surface area contributed by atoms with Crippen molar-refractivity contribution in [2.75, 3.05) is 13.7 Å². The van der Waals surface area contributed by atoms with Crippen LogP contribution >= 0.6 is 0 Å². The summed E-state index contributed by atoms with van der Waals surface area (Å²) in [6, 6.07) is 6.67. The molecule has 0 spiro atoms. The van der Waals surface area contributed by atoms with E-state index in [9.17, 15) is 0 Å². The summed E-state index contributed by atoms with van der Waals surface area (Å²) >= 11 is 0. The van der Waals surface area contributed by atoms with Gasteiger partial charge in [-0.25, -0.2) is 4.98 Å². The summed E-state index contributed by atoms with van der Waals surface area (Å²) in [4.78, 5) is 4.05. The van der Waals surface area contributed by atoms with Gasteiger partial charge in [0, 0.05) is 30.5 Å². The predicted molar refractivity (Wildman–Crippen MR) is 85.6 cm³/mol. The van der Waals surface area contributed by atoms with Crippen molar-refractivity contribution in [1.29, 1.82) is 0 Å². The molecule has 21 heavy (non-hydrogen) atoms. The van der Waals surface area contributed by atoms with Crippen molar-refractivity contribution >= 4 is 0 Å². The lowest BCUT2D eigenvalue weighted by Gasteiger charge is -2.18. The number of methoxy groups -OCH3 is 1. The third-order valence-corrected chi connectivity index (χ3v) is 3.71. The maximum Gasteiger partial charge on any atom is 0.123 e. The van der Waals surface area contributed by atoms with Gasteiger partial charge in [0.2, 0.25) is 0 Å². The van der Waals surface area contributed by atoms with E-state index in [4.69, 9.17) is 4.74 Å². The first-order valence-corrected chi connectivity index (χ1v) is 7.54. The zero-order chi connectivity index (χ0) is 15.1. The maximum atomic E-state index is 5.47. The van der Waals surface area contributed by atoms with Crippen molar-refractivity contribution in [2.45, 2.75) is 39.3 Å². The lowest BCUT2D eigenvalue weighted by atomic mass is 10.0. The molecule has 4 heteroatoms. The van der Waals surface area contributed by atoms with Crippen LogP contribution in [0.5, 0.6) is 5.75 Å². The largest absolute Gasteiger partial charge is 0.496 e. The molecule has 0 aliphatic heterocycles. The molecule has 4 nitrogen and oxygen atoms in total. The molecule has 0 bridgehead atoms. The van der Waals surface area contributed by atoms with Gasteiger partial charge in [0.15, 0.2) is 0 Å². The summed E-state index contributed by atoms with van der Waals surface area (Å²) < 4.78 is 7.59. The van der Waals surface area contributed by atoms with E-state index in [1.165, 1.54) is 11.1 Å². The van der Waals surface area contributed by atoms with Gasteiger partial charge in [-0.15, -0.1) is 0 Å². The number of aromatic nitrogens is 2. The Morgan fingerprint density at radius 1 is 1.33 bits per heavy atom. The van der Waals surface area contributed by atoms with Gasteiger partial charge < -0.3 is 14.6 Å². The van der Waals surface area contributed by atoms with Gasteiger partial charge in [0.05, 0.1) is 13.4 Å². The molecule has 0 saturated carbocycles. The molecule has 1 aromatic carbocycles. The summed E-state index contributed by atoms with van der Waals surface area (Å²) in [6.45, 7) is 6.31. The standard InChI is InChI=1S/C17H25N3O/c1-14-6-7-16(17(12-14)21-3)15(2)19-8-4-5-10-20-11-9-18-13-20/h6-7,9,11-13,15,19H,4-5,8,10H2,1-3H3. The Hall–Kier alpha value is -1.81. The Balaban J connectivity index is 1.75. The lowest BCUT2D eigenvalue weighted by Crippen LogP contribution is -2.20. The fourth-order valence-corrected chi connectivity index (χ4v) is 2.44. The summed E-state index contributed by atoms with van der Waals surface area (Å²) in [7, 11) is 1.73. The van der Waals surface area contributed by atoms with Crippen molar-refractivity contribution in [3.05, 3.63) is 48.0 Å². The average molecular weight is 287 g/mol. The number of hydrogen-bond donors (Lipinski definition) is 1. The van der Waals surface area contributed by atoms with Crippen LogP contribution in [0, 0.1) is 6.92 Å². The van der Waals surface area contributed by atoms with Crippen LogP contribution in [-0.2, 0) is 6.54 Å². The number of nitrogens with one attached hydrogen (secondary N) is 1. The SMILES string of the molecule is COc1cc(C)ccc1C(C)NCCCCn1ccnc1. The van der Waals surface area contributed by atoms with Crippen molar-refractivity contribution in [1.82, 2.24) is 14.9 Å². The summed E-state index contributed by atoms with van der Waals surface area (Å²) in [5, 5.41) is 3.57. The highest BCUT2D eigenvalue weighted by atomic mass is 16.5. The molecule has 0 fully saturated rings. The maximum absolute atomic E-state index is 5.47. The van der Waals surface area contributed by atoms with E-state index in [-0.39, 0.29) is 0 Å². The molecule has 0 aliphatic rings. The molecular formula is C17H25N3O. The van der Waals surface area contributed by atoms with E-state index in [2.05, 4.69) is 46.9 Å². The topological polar surface area (TPSA) is 39.1 Å². The Morgan fingerprint density at radius 3 is 2.90 bits per heavy atom. The van der Waals surface area contributed by atoms with Gasteiger partial charge in [-0.2, -0.15) is 0 Å². The fourth-order valence-electron chi connectivity index (χ4n) is 2.44. The summed E-state index contributed by atoms with van der Waals surface area (Å²) in [5.74, 6) is 0.966. The molecule has 0 amide bonds. The van der Waals surface area contributed by atoms with Crippen molar-refractivity contribution in [2.24, 2.45) is 0 Å². The smallest absolute Gasteiger partial charge is 0.123 e. The number of aryl methyl sites for hydroxylation is 2. The number of ether oxygens (including phenoxy) is 1. The Morgan fingerprint density at radius 2 is 2.19 bits per heavy atom. The van der Waals surface area contributed by atoms with E-state index in [0.717, 1.165) is 31.7 Å². The zero-order valence-electron chi connectivity index (χ0n) is 13.2. The second-order valence-corrected chi connectivity index (χ2v) is 5.43. The first-order chi connectivity index (χ1) is 10.2. The second kappa shape index (κ2) is 7.84. The fraction of sp³-hybridized carbons (Fsp3) is 0.471. The molecule has 1 unspecified atom stereocenters. The molecular weight excluding hydrogens is 262 g/mol. The molecule has 1 atom stereocenters. The summed E-state index contributed by atoms with van der Waals surface area (Å²) in [6.07, 6.45) is 8.00. The van der Waals surface area contributed by atoms with Crippen molar-refractivity contribution in [3.8, 4) is 5.75 Å². The van der Waals surface area contributed by atoms with Gasteiger partial charge in [-0.1, -0.05) is 12.1 Å². The molecule has 0 aliphatic carbocycles. The molecule has 2 rings (SSSR count). The van der Waals surface area contributed by atoms with Crippen LogP contribution in [0.3, 0.4) is 0 Å². The van der Waals surface area contributed by atoms with E-state index in [1.807, 2.05) is 18.7 Å². The number of unbranched alkanes of at least 4 members (excludes halogenated alkanes) is 1. The average Bonchev–Trinajstić information content (AvgIpc) is 2.99. The minimum Gasteiger partial charge on any atom is -0.496 e. The Kier molecular flexibility index (Phi) is 5.81. The Labute approximate surface area is 127 Å². The van der Waals surface area contributed by atoms with Crippen LogP contribution in [-0.4, -0.2) is 23.2 Å². The minimum atomic E-state index is 0.300. The number of nitrogens with zero attached hydrogens (tertiary/aromatic N) is 2. The molecule has 0 radical (unpaired) electrons. The van der Waals surface area contributed by atoms with E-state index >= 15 is 0 Å². The highest BCUT2D eigenvalue weighted by Crippen LogP contribution is 2.25. The third-order valence-electron chi connectivity index (χ3n) is 3.71. The van der Waals surface area contributed by atoms with Crippen LogP contribution in [0.2, 0.25) is 0 Å². The number of benzene rings is 1. The molecule has 0 saturated heterocycles. The first-order valence-electron chi connectivity index (χ1n) is 7.54. The highest BCUT2D eigenvalue weighted by Gasteiger charge is 2.10. The monoisotopic (exact) mass is 287 g/mol. The van der Waals surface area contributed by atoms with Gasteiger partial charge in [0.25, 0.3) is 0 Å². The molecule has 1 heterocycles. The molecule has 1 N–H and O–H groups in total. The van der Waals surface area contributed by atoms with Crippen LogP contribution < -0.4 is 10.1 Å².